The van der Waals surface area contributed by atoms with Crippen LogP contribution in [-0.2, 0) is 9.84 Å². The fraction of sp³-hybridized carbons (Fsp3) is 0.538. The number of carbonyl (C=O) groups is 1. The average molecular weight is 297 g/mol. The summed E-state index contributed by atoms with van der Waals surface area (Å²) < 4.78 is 22.7. The first-order valence-electron chi connectivity index (χ1n) is 6.71. The van der Waals surface area contributed by atoms with Crippen molar-refractivity contribution in [3.05, 3.63) is 24.0 Å². The molecule has 1 atom stereocenters. The Balaban J connectivity index is 1.93. The van der Waals surface area contributed by atoms with Crippen LogP contribution in [0.3, 0.4) is 0 Å². The van der Waals surface area contributed by atoms with E-state index in [9.17, 15) is 13.2 Å². The highest BCUT2D eigenvalue weighted by Crippen LogP contribution is 2.17. The summed E-state index contributed by atoms with van der Waals surface area (Å²) in [7, 11) is -2.89. The van der Waals surface area contributed by atoms with E-state index >= 15 is 0 Å². The topological polar surface area (TPSA) is 88.2 Å². The molecule has 1 aliphatic heterocycles. The first-order valence-corrected chi connectivity index (χ1v) is 8.53. The van der Waals surface area contributed by atoms with Crippen LogP contribution >= 0.6 is 0 Å². The Morgan fingerprint density at radius 3 is 2.80 bits per heavy atom. The molecule has 2 rings (SSSR count). The highest BCUT2D eigenvalue weighted by molar-refractivity contribution is 7.91. The van der Waals surface area contributed by atoms with Gasteiger partial charge in [0, 0.05) is 12.6 Å². The summed E-state index contributed by atoms with van der Waals surface area (Å²) in [5.41, 5.74) is 1.10. The minimum atomic E-state index is -2.89. The van der Waals surface area contributed by atoms with Crippen molar-refractivity contribution < 1.29 is 13.2 Å². The van der Waals surface area contributed by atoms with Gasteiger partial charge in [0.25, 0.3) is 5.91 Å². The molecule has 110 valence electrons. The van der Waals surface area contributed by atoms with Crippen LogP contribution in [0.5, 0.6) is 0 Å². The van der Waals surface area contributed by atoms with Crippen LogP contribution in [0.25, 0.3) is 0 Å². The van der Waals surface area contributed by atoms with Crippen molar-refractivity contribution in [2.24, 2.45) is 0 Å². The van der Waals surface area contributed by atoms with E-state index in [1.54, 1.807) is 18.3 Å². The highest BCUT2D eigenvalue weighted by atomic mass is 32.2. The summed E-state index contributed by atoms with van der Waals surface area (Å²) in [6.07, 6.45) is 3.05. The van der Waals surface area contributed by atoms with Gasteiger partial charge >= 0.3 is 0 Å². The van der Waals surface area contributed by atoms with Crippen LogP contribution < -0.4 is 10.6 Å². The SMILES string of the molecule is CCCNC(=O)c1ccc(NC2CCS(=O)(=O)C2)cn1. The van der Waals surface area contributed by atoms with Gasteiger partial charge in [-0.1, -0.05) is 6.92 Å². The molecule has 0 aromatic carbocycles. The lowest BCUT2D eigenvalue weighted by atomic mass is 10.2. The van der Waals surface area contributed by atoms with E-state index < -0.39 is 9.84 Å². The molecule has 0 spiro atoms. The first kappa shape index (κ1) is 14.8. The number of nitrogens with one attached hydrogen (secondary N) is 2. The van der Waals surface area contributed by atoms with Crippen molar-refractivity contribution in [3.8, 4) is 0 Å². The maximum Gasteiger partial charge on any atom is 0.269 e. The molecule has 0 radical (unpaired) electrons. The van der Waals surface area contributed by atoms with Crippen molar-refractivity contribution in [2.45, 2.75) is 25.8 Å². The van der Waals surface area contributed by atoms with E-state index in [2.05, 4.69) is 15.6 Å². The van der Waals surface area contributed by atoms with E-state index in [0.717, 1.165) is 12.1 Å². The molecular weight excluding hydrogens is 278 g/mol. The van der Waals surface area contributed by atoms with Crippen molar-refractivity contribution in [1.82, 2.24) is 10.3 Å². The summed E-state index contributed by atoms with van der Waals surface area (Å²) in [6.45, 7) is 2.61. The molecule has 0 aliphatic carbocycles. The van der Waals surface area contributed by atoms with Crippen LogP contribution in [0, 0.1) is 0 Å². The summed E-state index contributed by atoms with van der Waals surface area (Å²) in [6, 6.07) is 3.32. The lowest BCUT2D eigenvalue weighted by molar-refractivity contribution is 0.0948. The number of rotatable bonds is 5. The molecule has 7 heteroatoms. The molecule has 1 fully saturated rings. The fourth-order valence-electron chi connectivity index (χ4n) is 2.09. The molecule has 2 N–H and O–H groups in total. The van der Waals surface area contributed by atoms with E-state index in [1.165, 1.54) is 0 Å². The van der Waals surface area contributed by atoms with Gasteiger partial charge in [0.15, 0.2) is 9.84 Å². The third-order valence-electron chi connectivity index (χ3n) is 3.13. The summed E-state index contributed by atoms with van der Waals surface area (Å²) in [4.78, 5) is 15.8. The van der Waals surface area contributed by atoms with Crippen LogP contribution in [0.4, 0.5) is 5.69 Å². The number of sulfone groups is 1. The second kappa shape index (κ2) is 6.21. The quantitative estimate of drug-likeness (QED) is 0.840. The van der Waals surface area contributed by atoms with Crippen LogP contribution in [0.2, 0.25) is 0 Å². The molecule has 2 heterocycles. The summed E-state index contributed by atoms with van der Waals surface area (Å²) >= 11 is 0. The minimum Gasteiger partial charge on any atom is -0.380 e. The monoisotopic (exact) mass is 297 g/mol. The number of hydrogen-bond acceptors (Lipinski definition) is 5. The zero-order valence-electron chi connectivity index (χ0n) is 11.4. The molecule has 6 nitrogen and oxygen atoms in total. The van der Waals surface area contributed by atoms with Crippen LogP contribution in [0.15, 0.2) is 18.3 Å². The van der Waals surface area contributed by atoms with Gasteiger partial charge in [-0.15, -0.1) is 0 Å². The van der Waals surface area contributed by atoms with Crippen molar-refractivity contribution in [3.63, 3.8) is 0 Å². The molecule has 1 aliphatic rings. The molecule has 1 saturated heterocycles. The van der Waals surface area contributed by atoms with Gasteiger partial charge in [-0.05, 0) is 25.0 Å². The van der Waals surface area contributed by atoms with Gasteiger partial charge < -0.3 is 10.6 Å². The Hall–Kier alpha value is -1.63. The number of anilines is 1. The zero-order valence-corrected chi connectivity index (χ0v) is 12.2. The molecule has 20 heavy (non-hydrogen) atoms. The standard InChI is InChI=1S/C13H19N3O3S/c1-2-6-14-13(17)12-4-3-10(8-15-12)16-11-5-7-20(18,19)9-11/h3-4,8,11,16H,2,5-7,9H2,1H3,(H,14,17). The minimum absolute atomic E-state index is 0.0680. The number of pyridine rings is 1. The third-order valence-corrected chi connectivity index (χ3v) is 4.90. The maximum atomic E-state index is 11.7. The first-order chi connectivity index (χ1) is 9.50. The van der Waals surface area contributed by atoms with Gasteiger partial charge in [-0.3, -0.25) is 4.79 Å². The average Bonchev–Trinajstić information content (AvgIpc) is 2.76. The third kappa shape index (κ3) is 3.93. The Morgan fingerprint density at radius 2 is 2.25 bits per heavy atom. The zero-order chi connectivity index (χ0) is 14.6. The number of hydrogen-bond donors (Lipinski definition) is 2. The van der Waals surface area contributed by atoms with Gasteiger partial charge in [-0.2, -0.15) is 0 Å². The number of carbonyl (C=O) groups excluding carboxylic acids is 1. The van der Waals surface area contributed by atoms with Crippen LogP contribution in [-0.4, -0.2) is 43.4 Å². The van der Waals surface area contributed by atoms with Crippen molar-refractivity contribution in [2.75, 3.05) is 23.4 Å². The molecule has 0 saturated carbocycles. The Bertz CT molecular complexity index is 569. The van der Waals surface area contributed by atoms with Crippen molar-refractivity contribution in [1.29, 1.82) is 0 Å². The Morgan fingerprint density at radius 1 is 1.45 bits per heavy atom. The molecule has 1 amide bonds. The van der Waals surface area contributed by atoms with E-state index in [0.29, 0.717) is 18.7 Å². The van der Waals surface area contributed by atoms with Gasteiger partial charge in [0.1, 0.15) is 5.69 Å². The Kier molecular flexibility index (Phi) is 4.59. The smallest absolute Gasteiger partial charge is 0.269 e. The van der Waals surface area contributed by atoms with E-state index in [1.807, 2.05) is 6.92 Å². The lowest BCUT2D eigenvalue weighted by Gasteiger charge is -2.12. The summed E-state index contributed by atoms with van der Waals surface area (Å²) in [5.74, 6) is 0.197. The fourth-order valence-corrected chi connectivity index (χ4v) is 3.76. The number of aromatic nitrogens is 1. The predicted octanol–water partition coefficient (Wildman–Crippen LogP) is 0.820. The van der Waals surface area contributed by atoms with Gasteiger partial charge in [0.2, 0.25) is 0 Å². The molecular formula is C13H19N3O3S. The van der Waals surface area contributed by atoms with Crippen LogP contribution in [0.1, 0.15) is 30.3 Å². The summed E-state index contributed by atoms with van der Waals surface area (Å²) in [5, 5.41) is 5.88. The largest absolute Gasteiger partial charge is 0.380 e. The van der Waals surface area contributed by atoms with Gasteiger partial charge in [-0.25, -0.2) is 13.4 Å². The molecule has 1 unspecified atom stereocenters. The number of amides is 1. The predicted molar refractivity (Wildman–Crippen MR) is 77.5 cm³/mol. The van der Waals surface area contributed by atoms with E-state index in [-0.39, 0.29) is 23.5 Å². The molecule has 1 aromatic rings. The lowest BCUT2D eigenvalue weighted by Crippen LogP contribution is -2.25. The second-order valence-electron chi connectivity index (χ2n) is 4.93. The maximum absolute atomic E-state index is 11.7. The highest BCUT2D eigenvalue weighted by Gasteiger charge is 2.27. The second-order valence-corrected chi connectivity index (χ2v) is 7.16. The van der Waals surface area contributed by atoms with Gasteiger partial charge in [0.05, 0.1) is 23.4 Å². The molecule has 1 aromatic heterocycles. The molecule has 0 bridgehead atoms. The van der Waals surface area contributed by atoms with E-state index in [4.69, 9.17) is 0 Å². The Labute approximate surface area is 118 Å². The van der Waals surface area contributed by atoms with Crippen molar-refractivity contribution >= 4 is 21.4 Å². The number of nitrogens with zero attached hydrogens (tertiary/aromatic N) is 1. The normalized spacial score (nSPS) is 20.6.